The van der Waals surface area contributed by atoms with Crippen LogP contribution in [0.2, 0.25) is 0 Å². The zero-order chi connectivity index (χ0) is 10.0. The molecule has 2 aliphatic rings. The molecule has 0 aromatic carbocycles. The molecule has 0 aromatic rings. The van der Waals surface area contributed by atoms with E-state index in [-0.39, 0.29) is 10.8 Å². The Morgan fingerprint density at radius 1 is 1.14 bits per heavy atom. The lowest BCUT2D eigenvalue weighted by atomic mass is 9.81. The summed E-state index contributed by atoms with van der Waals surface area (Å²) in [5.41, 5.74) is 0.216. The molecule has 80 valence electrons. The van der Waals surface area contributed by atoms with E-state index in [2.05, 4.69) is 0 Å². The molecule has 2 heteroatoms. The molecule has 2 saturated carbocycles. The van der Waals surface area contributed by atoms with Gasteiger partial charge in [0.2, 0.25) is 0 Å². The van der Waals surface area contributed by atoms with E-state index < -0.39 is 0 Å². The standard InChI is InChI=1S/C12H19ClO/c13-11(9-14)12(7-8-12)10-5-3-1-2-4-6-10/h9-11H,1-8H2. The molecule has 1 atom stereocenters. The molecule has 0 saturated heterocycles. The SMILES string of the molecule is O=CC(Cl)C1(C2CCCCCC2)CC1. The van der Waals surface area contributed by atoms with Crippen molar-refractivity contribution in [2.45, 2.75) is 56.7 Å². The fourth-order valence-electron chi connectivity index (χ4n) is 3.04. The molecule has 0 heterocycles. The van der Waals surface area contributed by atoms with Gasteiger partial charge in [0, 0.05) is 0 Å². The first-order valence-corrected chi connectivity index (χ1v) is 6.32. The largest absolute Gasteiger partial charge is 0.302 e. The molecule has 0 spiro atoms. The van der Waals surface area contributed by atoms with Gasteiger partial charge in [-0.05, 0) is 37.0 Å². The molecule has 1 nitrogen and oxygen atoms in total. The summed E-state index contributed by atoms with van der Waals surface area (Å²) in [6.45, 7) is 0. The molecule has 0 aromatic heterocycles. The molecule has 1 unspecified atom stereocenters. The highest BCUT2D eigenvalue weighted by Crippen LogP contribution is 2.59. The molecule has 0 radical (unpaired) electrons. The second-order valence-corrected chi connectivity index (χ2v) is 5.43. The molecule has 0 aliphatic heterocycles. The van der Waals surface area contributed by atoms with Gasteiger partial charge >= 0.3 is 0 Å². The summed E-state index contributed by atoms with van der Waals surface area (Å²) in [5, 5.41) is -0.217. The van der Waals surface area contributed by atoms with Crippen molar-refractivity contribution in [2.75, 3.05) is 0 Å². The van der Waals surface area contributed by atoms with Gasteiger partial charge in [-0.3, -0.25) is 0 Å². The maximum atomic E-state index is 10.8. The Morgan fingerprint density at radius 2 is 1.71 bits per heavy atom. The summed E-state index contributed by atoms with van der Waals surface area (Å²) in [6.07, 6.45) is 11.4. The molecular formula is C12H19ClO. The first-order chi connectivity index (χ1) is 6.79. The zero-order valence-electron chi connectivity index (χ0n) is 8.68. The third kappa shape index (κ3) is 1.84. The van der Waals surface area contributed by atoms with Crippen LogP contribution in [0.3, 0.4) is 0 Å². The van der Waals surface area contributed by atoms with Crippen molar-refractivity contribution < 1.29 is 4.79 Å². The third-order valence-corrected chi connectivity index (χ3v) is 4.70. The average molecular weight is 215 g/mol. The van der Waals surface area contributed by atoms with E-state index in [1.807, 2.05) is 0 Å². The molecular weight excluding hydrogens is 196 g/mol. The van der Waals surface area contributed by atoms with Crippen LogP contribution in [0.25, 0.3) is 0 Å². The normalized spacial score (nSPS) is 29.2. The van der Waals surface area contributed by atoms with Gasteiger partial charge in [-0.1, -0.05) is 25.7 Å². The second kappa shape index (κ2) is 4.22. The summed E-state index contributed by atoms with van der Waals surface area (Å²) in [7, 11) is 0. The fraction of sp³-hybridized carbons (Fsp3) is 0.917. The smallest absolute Gasteiger partial charge is 0.138 e. The highest BCUT2D eigenvalue weighted by Gasteiger charge is 2.53. The summed E-state index contributed by atoms with van der Waals surface area (Å²) in [5.74, 6) is 0.734. The van der Waals surface area contributed by atoms with Crippen molar-refractivity contribution in [3.05, 3.63) is 0 Å². The van der Waals surface area contributed by atoms with E-state index in [1.165, 1.54) is 51.4 Å². The minimum atomic E-state index is -0.217. The number of carbonyl (C=O) groups is 1. The van der Waals surface area contributed by atoms with Crippen molar-refractivity contribution in [2.24, 2.45) is 11.3 Å². The van der Waals surface area contributed by atoms with Gasteiger partial charge < -0.3 is 4.79 Å². The van der Waals surface area contributed by atoms with Gasteiger partial charge in [0.15, 0.2) is 0 Å². The molecule has 0 N–H and O–H groups in total. The predicted molar refractivity (Wildman–Crippen MR) is 58.6 cm³/mol. The molecule has 2 fully saturated rings. The topological polar surface area (TPSA) is 17.1 Å². The quantitative estimate of drug-likeness (QED) is 0.399. The van der Waals surface area contributed by atoms with Gasteiger partial charge in [-0.2, -0.15) is 0 Å². The number of alkyl halides is 1. The van der Waals surface area contributed by atoms with Crippen molar-refractivity contribution >= 4 is 17.9 Å². The molecule has 0 bridgehead atoms. The fourth-order valence-corrected chi connectivity index (χ4v) is 3.44. The Hall–Kier alpha value is -0.0400. The van der Waals surface area contributed by atoms with Crippen molar-refractivity contribution in [1.82, 2.24) is 0 Å². The van der Waals surface area contributed by atoms with Gasteiger partial charge in [-0.15, -0.1) is 11.6 Å². The van der Waals surface area contributed by atoms with E-state index in [1.54, 1.807) is 0 Å². The Bertz CT molecular complexity index is 202. The van der Waals surface area contributed by atoms with Crippen molar-refractivity contribution in [3.8, 4) is 0 Å². The minimum Gasteiger partial charge on any atom is -0.302 e. The summed E-state index contributed by atoms with van der Waals surface area (Å²) >= 11 is 6.14. The third-order valence-electron chi connectivity index (χ3n) is 4.16. The maximum Gasteiger partial charge on any atom is 0.138 e. The van der Waals surface area contributed by atoms with Crippen LogP contribution in [-0.4, -0.2) is 11.7 Å². The van der Waals surface area contributed by atoms with E-state index >= 15 is 0 Å². The van der Waals surface area contributed by atoms with E-state index in [0.717, 1.165) is 12.2 Å². The highest BCUT2D eigenvalue weighted by molar-refractivity contribution is 6.28. The van der Waals surface area contributed by atoms with E-state index in [4.69, 9.17) is 11.6 Å². The van der Waals surface area contributed by atoms with Gasteiger partial charge in [0.25, 0.3) is 0 Å². The minimum absolute atomic E-state index is 0.216. The summed E-state index contributed by atoms with van der Waals surface area (Å²) in [6, 6.07) is 0. The Kier molecular flexibility index (Phi) is 3.16. The average Bonchev–Trinajstić information content (AvgIpc) is 3.01. The predicted octanol–water partition coefficient (Wildman–Crippen LogP) is 3.54. The lowest BCUT2D eigenvalue weighted by Crippen LogP contribution is -2.26. The van der Waals surface area contributed by atoms with Crippen molar-refractivity contribution in [3.63, 3.8) is 0 Å². The number of aldehydes is 1. The van der Waals surface area contributed by atoms with Crippen LogP contribution in [-0.2, 0) is 4.79 Å². The van der Waals surface area contributed by atoms with E-state index in [0.29, 0.717) is 0 Å². The van der Waals surface area contributed by atoms with Gasteiger partial charge in [0.1, 0.15) is 6.29 Å². The van der Waals surface area contributed by atoms with Crippen LogP contribution in [0.1, 0.15) is 51.4 Å². The first kappa shape index (κ1) is 10.5. The summed E-state index contributed by atoms with van der Waals surface area (Å²) in [4.78, 5) is 10.8. The number of hydrogen-bond donors (Lipinski definition) is 0. The second-order valence-electron chi connectivity index (χ2n) is 4.96. The van der Waals surface area contributed by atoms with Crippen LogP contribution < -0.4 is 0 Å². The van der Waals surface area contributed by atoms with Gasteiger partial charge in [0.05, 0.1) is 5.38 Å². The first-order valence-electron chi connectivity index (χ1n) is 5.89. The lowest BCUT2D eigenvalue weighted by molar-refractivity contribution is -0.109. The van der Waals surface area contributed by atoms with Crippen LogP contribution in [0.5, 0.6) is 0 Å². The van der Waals surface area contributed by atoms with Crippen molar-refractivity contribution in [1.29, 1.82) is 0 Å². The van der Waals surface area contributed by atoms with Crippen LogP contribution >= 0.6 is 11.6 Å². The molecule has 14 heavy (non-hydrogen) atoms. The monoisotopic (exact) mass is 214 g/mol. The number of halogens is 1. The number of carbonyl (C=O) groups excluding carboxylic acids is 1. The maximum absolute atomic E-state index is 10.8. The lowest BCUT2D eigenvalue weighted by Gasteiger charge is -2.27. The van der Waals surface area contributed by atoms with Crippen LogP contribution in [0.4, 0.5) is 0 Å². The number of rotatable bonds is 3. The Morgan fingerprint density at radius 3 is 2.14 bits per heavy atom. The molecule has 0 amide bonds. The molecule has 2 aliphatic carbocycles. The molecule has 2 rings (SSSR count). The number of hydrogen-bond acceptors (Lipinski definition) is 1. The van der Waals surface area contributed by atoms with Crippen LogP contribution in [0, 0.1) is 11.3 Å². The Balaban J connectivity index is 2.01. The van der Waals surface area contributed by atoms with E-state index in [9.17, 15) is 4.79 Å². The summed E-state index contributed by atoms with van der Waals surface area (Å²) < 4.78 is 0. The van der Waals surface area contributed by atoms with Gasteiger partial charge in [-0.25, -0.2) is 0 Å². The zero-order valence-corrected chi connectivity index (χ0v) is 9.43. The Labute approximate surface area is 91.2 Å². The van der Waals surface area contributed by atoms with Crippen LogP contribution in [0.15, 0.2) is 0 Å². The highest BCUT2D eigenvalue weighted by atomic mass is 35.5.